The fraction of sp³-hybridized carbons (Fsp3) is 0.300. The van der Waals surface area contributed by atoms with Gasteiger partial charge in [0.15, 0.2) is 6.19 Å². The third-order valence-electron chi connectivity index (χ3n) is 4.64. The van der Waals surface area contributed by atoms with Crippen molar-refractivity contribution in [3.05, 3.63) is 40.5 Å². The maximum atomic E-state index is 9.41. The van der Waals surface area contributed by atoms with Crippen molar-refractivity contribution in [2.75, 3.05) is 23.4 Å². The Bertz CT molecular complexity index is 1050. The minimum absolute atomic E-state index is 0.0145. The lowest BCUT2D eigenvalue weighted by molar-refractivity contribution is 0.307. The quantitative estimate of drug-likeness (QED) is 0.344. The van der Waals surface area contributed by atoms with Crippen LogP contribution in [0.4, 0.5) is 17.3 Å². The van der Waals surface area contributed by atoms with Crippen LogP contribution >= 0.6 is 0 Å². The number of aryl methyl sites for hydroxylation is 1. The van der Waals surface area contributed by atoms with E-state index in [2.05, 4.69) is 27.5 Å². The van der Waals surface area contributed by atoms with Crippen molar-refractivity contribution in [1.82, 2.24) is 10.3 Å². The molecule has 0 bridgehead atoms. The molecule has 0 saturated heterocycles. The van der Waals surface area contributed by atoms with E-state index in [1.54, 1.807) is 0 Å². The zero-order valence-electron chi connectivity index (χ0n) is 16.3. The molecule has 148 valence electrons. The van der Waals surface area contributed by atoms with Gasteiger partial charge in [0.1, 0.15) is 35.1 Å². The topological polar surface area (TPSA) is 158 Å². The summed E-state index contributed by atoms with van der Waals surface area (Å²) in [7, 11) is 0. The van der Waals surface area contributed by atoms with Crippen molar-refractivity contribution in [2.45, 2.75) is 32.7 Å². The first-order valence-electron chi connectivity index (χ1n) is 9.22. The lowest BCUT2D eigenvalue weighted by Crippen LogP contribution is -2.32. The van der Waals surface area contributed by atoms with Crippen molar-refractivity contribution >= 4 is 23.3 Å². The number of unbranched alkanes of at least 4 members (excludes halogenated alkanes) is 1. The summed E-state index contributed by atoms with van der Waals surface area (Å²) in [6, 6.07) is 7.17. The zero-order valence-corrected chi connectivity index (χ0v) is 16.3. The number of aliphatic imine (C=N–C) groups is 1. The molecule has 0 aliphatic carbocycles. The first-order chi connectivity index (χ1) is 14.0. The standard InChI is InChI=1S/C20H22N8O/c1-3-4-7-29-14-8-12(6-5-11(14)2)17-15-16(23)13(9-21)18(24)27-19(15)28-20(26-17)25-10-22/h5-6,8,17H,3-4,7H2,1-2H3,(H6,23,24,25,26,27,28). The van der Waals surface area contributed by atoms with E-state index >= 15 is 0 Å². The Morgan fingerprint density at radius 2 is 2.10 bits per heavy atom. The predicted octanol–water partition coefficient (Wildman–Crippen LogP) is 2.55. The van der Waals surface area contributed by atoms with Crippen LogP contribution < -0.4 is 26.8 Å². The van der Waals surface area contributed by atoms with Crippen LogP contribution in [-0.2, 0) is 0 Å². The third kappa shape index (κ3) is 3.85. The molecule has 29 heavy (non-hydrogen) atoms. The number of nitrogens with one attached hydrogen (secondary N) is 2. The van der Waals surface area contributed by atoms with E-state index in [1.807, 2.05) is 37.4 Å². The summed E-state index contributed by atoms with van der Waals surface area (Å²) in [6.45, 7) is 4.69. The van der Waals surface area contributed by atoms with E-state index in [0.29, 0.717) is 18.0 Å². The van der Waals surface area contributed by atoms with Crippen LogP contribution in [0.1, 0.15) is 48.1 Å². The molecule has 1 aromatic heterocycles. The molecule has 6 N–H and O–H groups in total. The van der Waals surface area contributed by atoms with Crippen LogP contribution in [0.15, 0.2) is 23.2 Å². The molecule has 0 spiro atoms. The molecule has 0 amide bonds. The van der Waals surface area contributed by atoms with Crippen LogP contribution in [0.5, 0.6) is 5.75 Å². The van der Waals surface area contributed by atoms with Gasteiger partial charge in [0.2, 0.25) is 5.96 Å². The number of fused-ring (bicyclic) bond motifs is 1. The maximum Gasteiger partial charge on any atom is 0.211 e. The molecule has 1 aliphatic heterocycles. The number of anilines is 3. The van der Waals surface area contributed by atoms with E-state index < -0.39 is 6.04 Å². The van der Waals surface area contributed by atoms with E-state index in [1.165, 1.54) is 0 Å². The fourth-order valence-electron chi connectivity index (χ4n) is 3.09. The maximum absolute atomic E-state index is 9.41. The molecule has 0 radical (unpaired) electrons. The number of hydrogen-bond acceptors (Lipinski definition) is 9. The molecule has 0 fully saturated rings. The highest BCUT2D eigenvalue weighted by Crippen LogP contribution is 2.41. The van der Waals surface area contributed by atoms with Crippen LogP contribution in [-0.4, -0.2) is 17.6 Å². The highest BCUT2D eigenvalue weighted by Gasteiger charge is 2.30. The molecule has 2 heterocycles. The molecule has 1 aromatic carbocycles. The number of nitrogen functional groups attached to an aromatic ring is 2. The molecule has 9 nitrogen and oxygen atoms in total. The number of ether oxygens (including phenoxy) is 1. The summed E-state index contributed by atoms with van der Waals surface area (Å²) in [5, 5.41) is 23.8. The Hall–Kier alpha value is -3.98. The molecule has 9 heteroatoms. The summed E-state index contributed by atoms with van der Waals surface area (Å²) in [6.07, 6.45) is 3.83. The van der Waals surface area contributed by atoms with Gasteiger partial charge in [-0.15, -0.1) is 0 Å². The van der Waals surface area contributed by atoms with Crippen molar-refractivity contribution < 1.29 is 4.74 Å². The first kappa shape index (κ1) is 19.8. The van der Waals surface area contributed by atoms with Gasteiger partial charge in [-0.1, -0.05) is 25.5 Å². The highest BCUT2D eigenvalue weighted by molar-refractivity contribution is 5.98. The van der Waals surface area contributed by atoms with E-state index in [9.17, 15) is 5.26 Å². The highest BCUT2D eigenvalue weighted by atomic mass is 16.5. The van der Waals surface area contributed by atoms with Crippen molar-refractivity contribution in [1.29, 1.82) is 10.5 Å². The number of hydrogen-bond donors (Lipinski definition) is 4. The average Bonchev–Trinajstić information content (AvgIpc) is 2.69. The van der Waals surface area contributed by atoms with Gasteiger partial charge < -0.3 is 21.5 Å². The van der Waals surface area contributed by atoms with Crippen LogP contribution in [0.2, 0.25) is 0 Å². The third-order valence-corrected chi connectivity index (χ3v) is 4.64. The Morgan fingerprint density at radius 3 is 2.79 bits per heavy atom. The molecule has 3 rings (SSSR count). The van der Waals surface area contributed by atoms with Gasteiger partial charge >= 0.3 is 0 Å². The lowest BCUT2D eigenvalue weighted by Gasteiger charge is -2.26. The zero-order chi connectivity index (χ0) is 21.0. The number of rotatable bonds is 5. The number of benzene rings is 1. The minimum Gasteiger partial charge on any atom is -0.493 e. The molecule has 1 atom stereocenters. The monoisotopic (exact) mass is 390 g/mol. The Labute approximate surface area is 169 Å². The second-order valence-corrected chi connectivity index (χ2v) is 6.63. The smallest absolute Gasteiger partial charge is 0.211 e. The lowest BCUT2D eigenvalue weighted by atomic mass is 9.94. The average molecular weight is 390 g/mol. The summed E-state index contributed by atoms with van der Waals surface area (Å²) in [5.41, 5.74) is 14.8. The van der Waals surface area contributed by atoms with Crippen molar-refractivity contribution in [2.24, 2.45) is 4.99 Å². The van der Waals surface area contributed by atoms with Gasteiger partial charge in [0, 0.05) is 5.56 Å². The van der Waals surface area contributed by atoms with Gasteiger partial charge in [-0.25, -0.2) is 9.98 Å². The van der Waals surface area contributed by atoms with Gasteiger partial charge in [-0.05, 0) is 30.5 Å². The largest absolute Gasteiger partial charge is 0.493 e. The van der Waals surface area contributed by atoms with E-state index in [0.717, 1.165) is 29.7 Å². The first-order valence-corrected chi connectivity index (χ1v) is 9.22. The number of nitrogens with zero attached hydrogens (tertiary/aromatic N) is 4. The molecular weight excluding hydrogens is 368 g/mol. The summed E-state index contributed by atoms with van der Waals surface area (Å²) in [5.74, 6) is 1.34. The summed E-state index contributed by atoms with van der Waals surface area (Å²) < 4.78 is 5.91. The van der Waals surface area contributed by atoms with Gasteiger partial charge in [0.25, 0.3) is 0 Å². The fourth-order valence-corrected chi connectivity index (χ4v) is 3.09. The number of pyridine rings is 1. The van der Waals surface area contributed by atoms with E-state index in [4.69, 9.17) is 21.5 Å². The van der Waals surface area contributed by atoms with Crippen LogP contribution in [0, 0.1) is 29.7 Å². The summed E-state index contributed by atoms with van der Waals surface area (Å²) in [4.78, 5) is 8.82. The normalized spacial score (nSPS) is 14.6. The van der Waals surface area contributed by atoms with Crippen LogP contribution in [0.3, 0.4) is 0 Å². The Balaban J connectivity index is 2.12. The van der Waals surface area contributed by atoms with Crippen molar-refractivity contribution in [3.63, 3.8) is 0 Å². The SMILES string of the molecule is CCCCOc1cc(C2N=C(NC#N)Nc3nc(N)c(C#N)c(N)c32)ccc1C. The molecule has 2 aromatic rings. The van der Waals surface area contributed by atoms with Gasteiger partial charge in [-0.3, -0.25) is 5.32 Å². The number of nitriles is 2. The number of guanidine groups is 1. The van der Waals surface area contributed by atoms with Crippen LogP contribution in [0.25, 0.3) is 0 Å². The summed E-state index contributed by atoms with van der Waals surface area (Å²) >= 11 is 0. The molecular formula is C20H22N8O. The second-order valence-electron chi connectivity index (χ2n) is 6.63. The Kier molecular flexibility index (Phi) is 5.70. The Morgan fingerprint density at radius 1 is 1.31 bits per heavy atom. The molecule has 1 unspecified atom stereocenters. The minimum atomic E-state index is -0.587. The second kappa shape index (κ2) is 8.36. The number of nitrogens with two attached hydrogens (primary N) is 2. The van der Waals surface area contributed by atoms with Crippen molar-refractivity contribution in [3.8, 4) is 18.0 Å². The predicted molar refractivity (Wildman–Crippen MR) is 111 cm³/mol. The number of aromatic nitrogens is 1. The van der Waals surface area contributed by atoms with E-state index in [-0.39, 0.29) is 23.0 Å². The molecule has 0 saturated carbocycles. The van der Waals surface area contributed by atoms with Gasteiger partial charge in [-0.2, -0.15) is 10.5 Å². The molecule has 1 aliphatic rings. The van der Waals surface area contributed by atoms with Gasteiger partial charge in [0.05, 0.1) is 12.3 Å².